The van der Waals surface area contributed by atoms with Crippen LogP contribution in [-0.2, 0) is 4.79 Å². The minimum atomic E-state index is -0.928. The maximum atomic E-state index is 10.8. The second-order valence-electron chi connectivity index (χ2n) is 4.76. The van der Waals surface area contributed by atoms with Gasteiger partial charge in [0.2, 0.25) is 0 Å². The first-order valence-corrected chi connectivity index (χ1v) is 7.79. The third-order valence-corrected chi connectivity index (χ3v) is 3.71. The SMILES string of the molecule is CC1=CC(Oc2ccc(Br)cc2Cl)=C(NCC(=O)O)CC=C1. The van der Waals surface area contributed by atoms with E-state index in [0.717, 1.165) is 10.0 Å². The van der Waals surface area contributed by atoms with E-state index in [1.54, 1.807) is 12.1 Å². The Morgan fingerprint density at radius 1 is 1.50 bits per heavy atom. The van der Waals surface area contributed by atoms with Crippen LogP contribution in [0.1, 0.15) is 13.3 Å². The van der Waals surface area contributed by atoms with E-state index in [9.17, 15) is 4.79 Å². The van der Waals surface area contributed by atoms with E-state index in [-0.39, 0.29) is 6.54 Å². The molecule has 0 heterocycles. The first-order valence-electron chi connectivity index (χ1n) is 6.62. The third-order valence-electron chi connectivity index (χ3n) is 2.93. The van der Waals surface area contributed by atoms with E-state index in [4.69, 9.17) is 21.4 Å². The van der Waals surface area contributed by atoms with Crippen molar-refractivity contribution in [2.24, 2.45) is 0 Å². The highest BCUT2D eigenvalue weighted by Gasteiger charge is 2.12. The molecule has 1 aliphatic rings. The molecule has 116 valence electrons. The van der Waals surface area contributed by atoms with Crippen LogP contribution < -0.4 is 10.1 Å². The first kappa shape index (κ1) is 16.6. The normalized spacial score (nSPS) is 14.4. The van der Waals surface area contributed by atoms with E-state index in [2.05, 4.69) is 21.2 Å². The number of allylic oxidation sites excluding steroid dienone is 4. The number of hydrogen-bond acceptors (Lipinski definition) is 3. The summed E-state index contributed by atoms with van der Waals surface area (Å²) in [5.41, 5.74) is 1.71. The average molecular weight is 385 g/mol. The number of ether oxygens (including phenoxy) is 1. The van der Waals surface area contributed by atoms with Crippen molar-refractivity contribution in [2.75, 3.05) is 6.54 Å². The molecule has 0 atom stereocenters. The average Bonchev–Trinajstić information content (AvgIpc) is 2.61. The molecule has 0 saturated heterocycles. The number of aliphatic carboxylic acids is 1. The van der Waals surface area contributed by atoms with Crippen LogP contribution in [0.25, 0.3) is 0 Å². The quantitative estimate of drug-likeness (QED) is 0.796. The summed E-state index contributed by atoms with van der Waals surface area (Å²) in [6.45, 7) is 1.78. The van der Waals surface area contributed by atoms with Gasteiger partial charge < -0.3 is 15.2 Å². The van der Waals surface area contributed by atoms with E-state index >= 15 is 0 Å². The highest BCUT2D eigenvalue weighted by atomic mass is 79.9. The maximum Gasteiger partial charge on any atom is 0.322 e. The second-order valence-corrected chi connectivity index (χ2v) is 6.08. The van der Waals surface area contributed by atoms with Gasteiger partial charge in [-0.3, -0.25) is 4.79 Å². The van der Waals surface area contributed by atoms with Gasteiger partial charge in [-0.25, -0.2) is 0 Å². The van der Waals surface area contributed by atoms with Crippen LogP contribution in [-0.4, -0.2) is 17.6 Å². The molecule has 0 aromatic heterocycles. The number of carbonyl (C=O) groups is 1. The Kier molecular flexibility index (Phi) is 5.69. The highest BCUT2D eigenvalue weighted by molar-refractivity contribution is 9.10. The van der Waals surface area contributed by atoms with Gasteiger partial charge in [0.1, 0.15) is 18.1 Å². The zero-order valence-electron chi connectivity index (χ0n) is 11.9. The van der Waals surface area contributed by atoms with Crippen LogP contribution in [0.5, 0.6) is 5.75 Å². The number of nitrogens with one attached hydrogen (secondary N) is 1. The molecule has 0 spiro atoms. The summed E-state index contributed by atoms with van der Waals surface area (Å²) in [5.74, 6) is 0.149. The number of hydrogen-bond donors (Lipinski definition) is 2. The van der Waals surface area contributed by atoms with Crippen LogP contribution in [0.3, 0.4) is 0 Å². The maximum absolute atomic E-state index is 10.8. The fourth-order valence-electron chi connectivity index (χ4n) is 1.91. The molecule has 22 heavy (non-hydrogen) atoms. The summed E-state index contributed by atoms with van der Waals surface area (Å²) in [6, 6.07) is 5.33. The Balaban J connectivity index is 2.31. The summed E-state index contributed by atoms with van der Waals surface area (Å²) in [4.78, 5) is 10.8. The summed E-state index contributed by atoms with van der Waals surface area (Å²) in [7, 11) is 0. The van der Waals surface area contributed by atoms with E-state index < -0.39 is 5.97 Å². The van der Waals surface area contributed by atoms with Gasteiger partial charge in [-0.2, -0.15) is 0 Å². The lowest BCUT2D eigenvalue weighted by atomic mass is 10.2. The van der Waals surface area contributed by atoms with Crippen molar-refractivity contribution in [3.63, 3.8) is 0 Å². The van der Waals surface area contributed by atoms with Crippen molar-refractivity contribution in [3.8, 4) is 5.75 Å². The van der Waals surface area contributed by atoms with Crippen LogP contribution in [0, 0.1) is 0 Å². The Labute approximate surface area is 142 Å². The van der Waals surface area contributed by atoms with E-state index in [1.165, 1.54) is 0 Å². The minimum absolute atomic E-state index is 0.170. The molecule has 0 aliphatic heterocycles. The fourth-order valence-corrected chi connectivity index (χ4v) is 2.63. The topological polar surface area (TPSA) is 58.6 Å². The number of carboxylic acid groups (broad SMARTS) is 1. The van der Waals surface area contributed by atoms with Gasteiger partial charge in [0.25, 0.3) is 0 Å². The number of rotatable bonds is 5. The molecule has 4 nitrogen and oxygen atoms in total. The van der Waals surface area contributed by atoms with Crippen molar-refractivity contribution >= 4 is 33.5 Å². The lowest BCUT2D eigenvalue weighted by Gasteiger charge is -2.14. The van der Waals surface area contributed by atoms with Crippen LogP contribution >= 0.6 is 27.5 Å². The summed E-state index contributed by atoms with van der Waals surface area (Å²) in [6.07, 6.45) is 6.33. The van der Waals surface area contributed by atoms with Crippen molar-refractivity contribution in [2.45, 2.75) is 13.3 Å². The zero-order valence-corrected chi connectivity index (χ0v) is 14.2. The van der Waals surface area contributed by atoms with E-state index in [1.807, 2.05) is 31.2 Å². The minimum Gasteiger partial charge on any atom is -0.480 e. The molecule has 1 aromatic rings. The largest absolute Gasteiger partial charge is 0.480 e. The van der Waals surface area contributed by atoms with Gasteiger partial charge in [-0.15, -0.1) is 0 Å². The summed E-state index contributed by atoms with van der Waals surface area (Å²) in [5, 5.41) is 12.2. The predicted octanol–water partition coefficient (Wildman–Crippen LogP) is 4.27. The molecule has 6 heteroatoms. The van der Waals surface area contributed by atoms with Crippen LogP contribution in [0.4, 0.5) is 0 Å². The fraction of sp³-hybridized carbons (Fsp3) is 0.188. The van der Waals surface area contributed by atoms with Gasteiger partial charge in [0, 0.05) is 10.9 Å². The van der Waals surface area contributed by atoms with Crippen LogP contribution in [0.15, 0.2) is 57.9 Å². The molecule has 0 fully saturated rings. The Hall–Kier alpha value is -1.72. The second kappa shape index (κ2) is 7.51. The molecule has 0 saturated carbocycles. The van der Waals surface area contributed by atoms with E-state index in [0.29, 0.717) is 28.6 Å². The molecule has 0 amide bonds. The molecule has 0 unspecified atom stereocenters. The lowest BCUT2D eigenvalue weighted by molar-refractivity contribution is -0.135. The van der Waals surface area contributed by atoms with Gasteiger partial charge in [0.05, 0.1) is 10.7 Å². The predicted molar refractivity (Wildman–Crippen MR) is 90.0 cm³/mol. The van der Waals surface area contributed by atoms with Gasteiger partial charge in [0.15, 0.2) is 0 Å². The Morgan fingerprint density at radius 3 is 2.95 bits per heavy atom. The molecule has 0 radical (unpaired) electrons. The van der Waals surface area contributed by atoms with Gasteiger partial charge in [-0.1, -0.05) is 39.7 Å². The van der Waals surface area contributed by atoms with Crippen molar-refractivity contribution in [1.29, 1.82) is 0 Å². The van der Waals surface area contributed by atoms with Gasteiger partial charge >= 0.3 is 5.97 Å². The molecule has 1 aromatic carbocycles. The van der Waals surface area contributed by atoms with Gasteiger partial charge in [-0.05, 0) is 36.8 Å². The Bertz CT molecular complexity index is 680. The number of benzene rings is 1. The zero-order chi connectivity index (χ0) is 16.1. The Morgan fingerprint density at radius 2 is 2.27 bits per heavy atom. The molecule has 0 bridgehead atoms. The number of carboxylic acids is 1. The number of halogens is 2. The van der Waals surface area contributed by atoms with Crippen LogP contribution in [0.2, 0.25) is 5.02 Å². The summed E-state index contributed by atoms with van der Waals surface area (Å²) >= 11 is 9.52. The van der Waals surface area contributed by atoms with Crippen molar-refractivity contribution in [3.05, 3.63) is 63.0 Å². The molecule has 2 rings (SSSR count). The lowest BCUT2D eigenvalue weighted by Crippen LogP contribution is -2.23. The first-order chi connectivity index (χ1) is 10.5. The standard InChI is InChI=1S/C16H15BrClNO3/c1-10-3-2-4-13(19-9-16(20)21)15(7-10)22-14-6-5-11(17)8-12(14)18/h2-3,5-8,19H,4,9H2,1H3,(H,20,21). The highest BCUT2D eigenvalue weighted by Crippen LogP contribution is 2.30. The third kappa shape index (κ3) is 4.64. The van der Waals surface area contributed by atoms with Crippen molar-refractivity contribution in [1.82, 2.24) is 5.32 Å². The molecular formula is C16H15BrClNO3. The smallest absolute Gasteiger partial charge is 0.322 e. The summed E-state index contributed by atoms with van der Waals surface area (Å²) < 4.78 is 6.75. The molecular weight excluding hydrogens is 370 g/mol. The monoisotopic (exact) mass is 383 g/mol. The molecule has 2 N–H and O–H groups in total. The molecule has 1 aliphatic carbocycles. The van der Waals surface area contributed by atoms with Crippen molar-refractivity contribution < 1.29 is 14.6 Å².